The van der Waals surface area contributed by atoms with E-state index in [0.29, 0.717) is 54.9 Å². The monoisotopic (exact) mass is 557 g/mol. The van der Waals surface area contributed by atoms with Crippen molar-refractivity contribution in [2.75, 3.05) is 52.4 Å². The first-order valence-electron chi connectivity index (χ1n) is 10.7. The van der Waals surface area contributed by atoms with Crippen LogP contribution in [0, 0.1) is 0 Å². The lowest BCUT2D eigenvalue weighted by molar-refractivity contribution is 0.324. The molecule has 1 aromatic heterocycles. The van der Waals surface area contributed by atoms with Gasteiger partial charge in [-0.15, -0.1) is 11.3 Å². The number of nitrogens with zero attached hydrogens (tertiary/aromatic N) is 3. The number of piperazine rings is 1. The molecular formula is C23H25Cl2N3O5S2. The molecule has 0 unspecified atom stereocenters. The molecular weight excluding hydrogens is 533 g/mol. The van der Waals surface area contributed by atoms with Crippen LogP contribution in [0.3, 0.4) is 0 Å². The van der Waals surface area contributed by atoms with Gasteiger partial charge in [0.15, 0.2) is 16.6 Å². The molecule has 0 atom stereocenters. The minimum Gasteiger partial charge on any atom is -0.493 e. The highest BCUT2D eigenvalue weighted by Gasteiger charge is 2.30. The SMILES string of the molecule is COc1cc(Cc2csc(N3CCN(S(=O)(=O)c4ccc(Cl)c(Cl)c4)CC3)n2)cc(OC)c1OC. The van der Waals surface area contributed by atoms with Crippen molar-refractivity contribution in [3.05, 3.63) is 57.0 Å². The van der Waals surface area contributed by atoms with E-state index in [-0.39, 0.29) is 9.92 Å². The predicted octanol–water partition coefficient (Wildman–Crippen LogP) is 4.58. The topological polar surface area (TPSA) is 81.2 Å². The third-order valence-corrected chi connectivity index (χ3v) is 9.27. The number of anilines is 1. The molecule has 2 aromatic carbocycles. The fourth-order valence-electron chi connectivity index (χ4n) is 3.88. The molecule has 1 aliphatic heterocycles. The molecule has 0 aliphatic carbocycles. The van der Waals surface area contributed by atoms with E-state index in [1.807, 2.05) is 17.5 Å². The van der Waals surface area contributed by atoms with Gasteiger partial charge in [0.2, 0.25) is 15.8 Å². The fourth-order valence-corrected chi connectivity index (χ4v) is 6.57. The van der Waals surface area contributed by atoms with Crippen molar-refractivity contribution < 1.29 is 22.6 Å². The van der Waals surface area contributed by atoms with E-state index in [4.69, 9.17) is 42.4 Å². The van der Waals surface area contributed by atoms with Gasteiger partial charge >= 0.3 is 0 Å². The molecule has 4 rings (SSSR count). The van der Waals surface area contributed by atoms with Crippen molar-refractivity contribution in [3.63, 3.8) is 0 Å². The van der Waals surface area contributed by atoms with Gasteiger partial charge in [-0.2, -0.15) is 4.31 Å². The first-order chi connectivity index (χ1) is 16.8. The Labute approximate surface area is 219 Å². The van der Waals surface area contributed by atoms with E-state index >= 15 is 0 Å². The highest BCUT2D eigenvalue weighted by atomic mass is 35.5. The molecule has 0 bridgehead atoms. The summed E-state index contributed by atoms with van der Waals surface area (Å²) in [6, 6.07) is 8.19. The van der Waals surface area contributed by atoms with Crippen molar-refractivity contribution in [1.29, 1.82) is 0 Å². The number of thiazole rings is 1. The Kier molecular flexibility index (Phi) is 7.97. The van der Waals surface area contributed by atoms with Crippen molar-refractivity contribution >= 4 is 49.7 Å². The average molecular weight is 559 g/mol. The molecule has 8 nitrogen and oxygen atoms in total. The van der Waals surface area contributed by atoms with E-state index in [1.54, 1.807) is 21.3 Å². The van der Waals surface area contributed by atoms with Crippen LogP contribution in [0.25, 0.3) is 0 Å². The molecule has 2 heterocycles. The smallest absolute Gasteiger partial charge is 0.243 e. The van der Waals surface area contributed by atoms with Crippen LogP contribution in [0.1, 0.15) is 11.3 Å². The fraction of sp³-hybridized carbons (Fsp3) is 0.348. The second-order valence-corrected chi connectivity index (χ2v) is 11.4. The predicted molar refractivity (Wildman–Crippen MR) is 138 cm³/mol. The summed E-state index contributed by atoms with van der Waals surface area (Å²) in [5.41, 5.74) is 1.89. The van der Waals surface area contributed by atoms with Gasteiger partial charge in [0.25, 0.3) is 0 Å². The van der Waals surface area contributed by atoms with Crippen LogP contribution in [0.4, 0.5) is 5.13 Å². The summed E-state index contributed by atoms with van der Waals surface area (Å²) in [5, 5.41) is 3.41. The number of ether oxygens (including phenoxy) is 3. The maximum absolute atomic E-state index is 13.0. The largest absolute Gasteiger partial charge is 0.493 e. The van der Waals surface area contributed by atoms with Gasteiger partial charge in [-0.3, -0.25) is 0 Å². The summed E-state index contributed by atoms with van der Waals surface area (Å²) < 4.78 is 43.8. The minimum atomic E-state index is -3.65. The van der Waals surface area contributed by atoms with Crippen LogP contribution in [-0.2, 0) is 16.4 Å². The molecule has 1 saturated heterocycles. The van der Waals surface area contributed by atoms with Gasteiger partial charge in [-0.05, 0) is 35.9 Å². The molecule has 3 aromatic rings. The zero-order valence-corrected chi connectivity index (χ0v) is 22.6. The Bertz CT molecular complexity index is 1280. The molecule has 35 heavy (non-hydrogen) atoms. The zero-order valence-electron chi connectivity index (χ0n) is 19.5. The molecule has 1 aliphatic rings. The van der Waals surface area contributed by atoms with Crippen LogP contribution in [0.5, 0.6) is 17.2 Å². The van der Waals surface area contributed by atoms with Crippen LogP contribution in [-0.4, -0.2) is 65.2 Å². The van der Waals surface area contributed by atoms with Crippen LogP contribution >= 0.6 is 34.5 Å². The normalized spacial score (nSPS) is 14.7. The molecule has 12 heteroatoms. The maximum atomic E-state index is 13.0. The molecule has 0 radical (unpaired) electrons. The second-order valence-electron chi connectivity index (χ2n) is 7.80. The summed E-state index contributed by atoms with van der Waals surface area (Å²) in [5.74, 6) is 1.74. The first kappa shape index (κ1) is 25.8. The highest BCUT2D eigenvalue weighted by molar-refractivity contribution is 7.89. The summed E-state index contributed by atoms with van der Waals surface area (Å²) in [4.78, 5) is 7.02. The highest BCUT2D eigenvalue weighted by Crippen LogP contribution is 2.39. The minimum absolute atomic E-state index is 0.141. The zero-order chi connectivity index (χ0) is 25.2. The Morgan fingerprint density at radius 2 is 1.60 bits per heavy atom. The van der Waals surface area contributed by atoms with E-state index in [0.717, 1.165) is 16.4 Å². The van der Waals surface area contributed by atoms with Crippen molar-refractivity contribution in [3.8, 4) is 17.2 Å². The summed E-state index contributed by atoms with van der Waals surface area (Å²) in [6.07, 6.45) is 0.596. The van der Waals surface area contributed by atoms with Gasteiger partial charge in [0.1, 0.15) is 0 Å². The Hall–Kier alpha value is -2.24. The van der Waals surface area contributed by atoms with E-state index in [9.17, 15) is 8.42 Å². The number of rotatable bonds is 8. The van der Waals surface area contributed by atoms with Crippen molar-refractivity contribution in [1.82, 2.24) is 9.29 Å². The Balaban J connectivity index is 1.43. The molecule has 188 valence electrons. The molecule has 0 spiro atoms. The molecule has 0 N–H and O–H groups in total. The van der Waals surface area contributed by atoms with Gasteiger partial charge in [-0.25, -0.2) is 13.4 Å². The summed E-state index contributed by atoms with van der Waals surface area (Å²) >= 11 is 13.5. The maximum Gasteiger partial charge on any atom is 0.243 e. The van der Waals surface area contributed by atoms with Gasteiger partial charge in [0.05, 0.1) is 42.0 Å². The number of aromatic nitrogens is 1. The number of hydrogen-bond donors (Lipinski definition) is 0. The van der Waals surface area contributed by atoms with Crippen molar-refractivity contribution in [2.45, 2.75) is 11.3 Å². The number of halogens is 2. The lowest BCUT2D eigenvalue weighted by Gasteiger charge is -2.33. The lowest BCUT2D eigenvalue weighted by atomic mass is 10.1. The number of benzene rings is 2. The molecule has 1 fully saturated rings. The molecule has 0 amide bonds. The quantitative estimate of drug-likeness (QED) is 0.401. The standard InChI is InChI=1S/C23H25Cl2N3O5S2/c1-31-20-11-15(12-21(32-2)22(20)33-3)10-16-14-34-23(26-16)27-6-8-28(9-7-27)35(29,30)17-4-5-18(24)19(25)13-17/h4-5,11-14H,6-10H2,1-3H3. The Morgan fingerprint density at radius 3 is 2.17 bits per heavy atom. The first-order valence-corrected chi connectivity index (χ1v) is 13.8. The third kappa shape index (κ3) is 5.46. The van der Waals surface area contributed by atoms with Gasteiger partial charge < -0.3 is 19.1 Å². The van der Waals surface area contributed by atoms with Crippen LogP contribution < -0.4 is 19.1 Å². The van der Waals surface area contributed by atoms with Crippen LogP contribution in [0.15, 0.2) is 40.6 Å². The average Bonchev–Trinajstić information content (AvgIpc) is 3.33. The Morgan fingerprint density at radius 1 is 0.943 bits per heavy atom. The summed E-state index contributed by atoms with van der Waals surface area (Å²) in [6.45, 7) is 1.78. The van der Waals surface area contributed by atoms with E-state index < -0.39 is 10.0 Å². The molecule has 0 saturated carbocycles. The summed E-state index contributed by atoms with van der Waals surface area (Å²) in [7, 11) is 1.10. The van der Waals surface area contributed by atoms with Crippen LogP contribution in [0.2, 0.25) is 10.0 Å². The number of hydrogen-bond acceptors (Lipinski definition) is 8. The van der Waals surface area contributed by atoms with E-state index in [1.165, 1.54) is 33.8 Å². The van der Waals surface area contributed by atoms with E-state index in [2.05, 4.69) is 4.90 Å². The van der Waals surface area contributed by atoms with Gasteiger partial charge in [-0.1, -0.05) is 23.2 Å². The number of methoxy groups -OCH3 is 3. The third-order valence-electron chi connectivity index (χ3n) is 5.69. The number of sulfonamides is 1. The second kappa shape index (κ2) is 10.8. The van der Waals surface area contributed by atoms with Gasteiger partial charge in [0, 0.05) is 38.0 Å². The van der Waals surface area contributed by atoms with Crippen molar-refractivity contribution in [2.24, 2.45) is 0 Å². The lowest BCUT2D eigenvalue weighted by Crippen LogP contribution is -2.48.